The number of rotatable bonds is 30. The van der Waals surface area contributed by atoms with Crippen molar-refractivity contribution in [1.29, 1.82) is 0 Å². The smallest absolute Gasteiger partial charge is 0.246 e. The topological polar surface area (TPSA) is 403 Å². The summed E-state index contributed by atoms with van der Waals surface area (Å²) in [7, 11) is 0. The van der Waals surface area contributed by atoms with Crippen LogP contribution in [0.5, 0.6) is 11.5 Å². The standard InChI is InChI=1S/C67H80N14O13/c1-4-69-66(93)57-14-9-25-81(57)67(94)55(28-39-17-21-44(84)22-18-39)79-60(87)50(26-37(2)3)74-62(89)52(29-40-32-70-47-12-7-5-10-45(40)47)76-61(88)51(27-38-15-19-43(83)20-16-38)75-65(92)56(35-82)80-63(90)53(30-41-33-71-48-13-8-6-11-46(41)48)77-64(91)54(31-42-34-68-36-72-42)78-59(86)49-23-24-58(85)73-49/h5-8,10-13,15-22,32-34,36-37,49-57,70-71,82-84H,4,9,14,23-31,35H2,1-3H3,(H,68,72)(H,69,93)(H,73,85)(H,74,89)(H,75,92)(H,76,88)(H,77,91)(H,78,86)(H,79,87)(H,80,90)/t49-,50-,51-,52+,53-,54-,55-,56-,57-/m0/s1. The summed E-state index contributed by atoms with van der Waals surface area (Å²) < 4.78 is 0. The molecular weight excluding hydrogens is 1210 g/mol. The molecule has 27 nitrogen and oxygen atoms in total. The van der Waals surface area contributed by atoms with Crippen LogP contribution in [0.25, 0.3) is 21.8 Å². The van der Waals surface area contributed by atoms with E-state index >= 15 is 9.59 Å². The third kappa shape index (κ3) is 17.7. The molecule has 94 heavy (non-hydrogen) atoms. The molecule has 2 aliphatic rings. The van der Waals surface area contributed by atoms with Crippen LogP contribution in [0.15, 0.2) is 122 Å². The van der Waals surface area contributed by atoms with Gasteiger partial charge in [-0.1, -0.05) is 74.5 Å². The summed E-state index contributed by atoms with van der Waals surface area (Å²) in [6.07, 6.45) is 6.74. The minimum atomic E-state index is -1.79. The number of hydrogen-bond acceptors (Lipinski definition) is 14. The number of carbonyl (C=O) groups excluding carboxylic acids is 10. The quantitative estimate of drug-likeness (QED) is 0.0300. The maximum absolute atomic E-state index is 15.1. The van der Waals surface area contributed by atoms with Crippen LogP contribution < -0.4 is 47.9 Å². The molecule has 0 saturated carbocycles. The molecule has 5 heterocycles. The number of likely N-dealkylation sites (N-methyl/N-ethyl adjacent to an activating group) is 1. The van der Waals surface area contributed by atoms with Gasteiger partial charge in [-0.25, -0.2) is 4.98 Å². The van der Waals surface area contributed by atoms with Gasteiger partial charge in [-0.3, -0.25) is 47.9 Å². The van der Waals surface area contributed by atoms with Gasteiger partial charge >= 0.3 is 0 Å². The number of fused-ring (bicyclic) bond motifs is 2. The molecule has 0 radical (unpaired) electrons. The van der Waals surface area contributed by atoms with E-state index in [9.17, 15) is 53.7 Å². The molecule has 9 atom stereocenters. The van der Waals surface area contributed by atoms with Gasteiger partial charge in [0.15, 0.2) is 0 Å². The number of imidazole rings is 1. The van der Waals surface area contributed by atoms with E-state index in [1.807, 2.05) is 38.1 Å². The van der Waals surface area contributed by atoms with Gasteiger partial charge in [-0.2, -0.15) is 0 Å². The number of likely N-dealkylation sites (tertiary alicyclic amines) is 1. The fourth-order valence-electron chi connectivity index (χ4n) is 11.8. The summed E-state index contributed by atoms with van der Waals surface area (Å²) in [5.41, 5.74) is 3.97. The normalized spacial score (nSPS) is 16.8. The summed E-state index contributed by atoms with van der Waals surface area (Å²) in [6.45, 7) is 5.00. The monoisotopic (exact) mass is 1290 g/mol. The number of aromatic hydroxyl groups is 2. The molecule has 4 aromatic carbocycles. The Hall–Kier alpha value is -10.6. The van der Waals surface area contributed by atoms with E-state index in [0.29, 0.717) is 69.1 Å². The first kappa shape index (κ1) is 67.8. The van der Waals surface area contributed by atoms with E-state index < -0.39 is 108 Å². The highest BCUT2D eigenvalue weighted by atomic mass is 16.3. The van der Waals surface area contributed by atoms with Crippen molar-refractivity contribution in [2.45, 2.75) is 139 Å². The Morgan fingerprint density at radius 2 is 1.04 bits per heavy atom. The molecular formula is C67H80N14O13. The lowest BCUT2D eigenvalue weighted by Crippen LogP contribution is -2.61. The van der Waals surface area contributed by atoms with Gasteiger partial charge < -0.3 is 83.0 Å². The number of aromatic amines is 3. The Kier molecular flexibility index (Phi) is 22.8. The average molecular weight is 1290 g/mol. The number of aliphatic hydroxyl groups is 1. The fourth-order valence-corrected chi connectivity index (χ4v) is 11.8. The van der Waals surface area contributed by atoms with Crippen LogP contribution in [0, 0.1) is 5.92 Å². The van der Waals surface area contributed by atoms with Crippen molar-refractivity contribution >= 4 is 80.9 Å². The van der Waals surface area contributed by atoms with E-state index in [1.165, 1.54) is 53.8 Å². The van der Waals surface area contributed by atoms with Gasteiger partial charge in [0.05, 0.1) is 18.6 Å². The number of aliphatic hydroxyl groups excluding tert-OH is 1. The molecule has 7 aromatic rings. The lowest BCUT2D eigenvalue weighted by atomic mass is 9.99. The average Bonchev–Trinajstić information content (AvgIpc) is 1.61. The van der Waals surface area contributed by atoms with Crippen molar-refractivity contribution in [2.75, 3.05) is 19.7 Å². The van der Waals surface area contributed by atoms with Crippen molar-refractivity contribution in [3.05, 3.63) is 150 Å². The Labute approximate surface area is 541 Å². The summed E-state index contributed by atoms with van der Waals surface area (Å²) in [4.78, 5) is 157. The van der Waals surface area contributed by atoms with Gasteiger partial charge in [0.2, 0.25) is 59.1 Å². The highest BCUT2D eigenvalue weighted by molar-refractivity contribution is 6.00. The minimum Gasteiger partial charge on any atom is -0.508 e. The van der Waals surface area contributed by atoms with Crippen LogP contribution in [0.1, 0.15) is 80.8 Å². The Bertz CT molecular complexity index is 3830. The van der Waals surface area contributed by atoms with Crippen LogP contribution in [0.3, 0.4) is 0 Å². The molecule has 2 aliphatic heterocycles. The molecule has 27 heteroatoms. The Balaban J connectivity index is 0.975. The molecule has 3 aromatic heterocycles. The van der Waals surface area contributed by atoms with Crippen LogP contribution in [0.2, 0.25) is 0 Å². The SMILES string of the molecule is CCNC(=O)[C@@H]1CCCN1C(=O)[C@H](Cc1ccc(O)cc1)NC(=O)[C@H](CC(C)C)NC(=O)[C@@H](Cc1c[nH]c2ccccc12)NC(=O)[C@H](Cc1ccc(O)cc1)NC(=O)[C@H](CO)NC(=O)[C@H](Cc1c[nH]c2ccccc12)NC(=O)[C@H](Cc1c[nH]cn1)NC(=O)[C@@H]1CCC(=O)N1. The summed E-state index contributed by atoms with van der Waals surface area (Å²) >= 11 is 0. The number of phenols is 2. The van der Waals surface area contributed by atoms with Crippen LogP contribution in [-0.2, 0) is 80.0 Å². The first-order chi connectivity index (χ1) is 45.2. The minimum absolute atomic E-state index is 0.0178. The van der Waals surface area contributed by atoms with Crippen molar-refractivity contribution in [3.63, 3.8) is 0 Å². The number of nitrogens with one attached hydrogen (secondary N) is 12. The van der Waals surface area contributed by atoms with Gasteiger partial charge in [0.1, 0.15) is 65.9 Å². The number of nitrogens with zero attached hydrogens (tertiary/aromatic N) is 2. The number of hydrogen-bond donors (Lipinski definition) is 15. The van der Waals surface area contributed by atoms with E-state index in [2.05, 4.69) is 67.8 Å². The summed E-state index contributed by atoms with van der Waals surface area (Å²) in [6, 6.07) is 14.4. The number of amides is 10. The molecule has 0 bridgehead atoms. The number of H-pyrrole nitrogens is 3. The van der Waals surface area contributed by atoms with Crippen LogP contribution in [-0.4, -0.2) is 173 Å². The molecule has 2 saturated heterocycles. The third-order valence-electron chi connectivity index (χ3n) is 16.7. The van der Waals surface area contributed by atoms with Gasteiger partial charge in [0.25, 0.3) is 0 Å². The molecule has 0 unspecified atom stereocenters. The van der Waals surface area contributed by atoms with Crippen molar-refractivity contribution < 1.29 is 63.3 Å². The number of phenolic OH excluding ortho intramolecular Hbond substituents is 2. The first-order valence-electron chi connectivity index (χ1n) is 31.5. The predicted octanol–water partition coefficient (Wildman–Crippen LogP) is 1.13. The zero-order valence-electron chi connectivity index (χ0n) is 52.3. The second-order valence-electron chi connectivity index (χ2n) is 24.1. The second-order valence-corrected chi connectivity index (χ2v) is 24.1. The summed E-state index contributed by atoms with van der Waals surface area (Å²) in [5.74, 6) is -7.51. The van der Waals surface area contributed by atoms with E-state index in [1.54, 1.807) is 55.7 Å². The maximum atomic E-state index is 15.1. The number of para-hydroxylation sites is 2. The first-order valence-corrected chi connectivity index (χ1v) is 31.5. The fraction of sp³-hybridized carbons (Fsp3) is 0.388. The Morgan fingerprint density at radius 3 is 1.54 bits per heavy atom. The van der Waals surface area contributed by atoms with Crippen molar-refractivity contribution in [2.24, 2.45) is 5.92 Å². The van der Waals surface area contributed by atoms with E-state index in [-0.39, 0.29) is 87.1 Å². The number of aromatic nitrogens is 4. The van der Waals surface area contributed by atoms with Gasteiger partial charge in [0, 0.05) is 92.0 Å². The van der Waals surface area contributed by atoms with E-state index in [0.717, 1.165) is 0 Å². The zero-order chi connectivity index (χ0) is 67.0. The molecule has 15 N–H and O–H groups in total. The van der Waals surface area contributed by atoms with Crippen LogP contribution >= 0.6 is 0 Å². The summed E-state index contributed by atoms with van der Waals surface area (Å²) in [5, 5.41) is 57.2. The van der Waals surface area contributed by atoms with Crippen LogP contribution in [0.4, 0.5) is 0 Å². The molecule has 2 fully saturated rings. The highest BCUT2D eigenvalue weighted by Crippen LogP contribution is 2.24. The van der Waals surface area contributed by atoms with Gasteiger partial charge in [-0.15, -0.1) is 0 Å². The molecule has 0 aliphatic carbocycles. The highest BCUT2D eigenvalue weighted by Gasteiger charge is 2.40. The number of carbonyl (C=O) groups is 10. The molecule has 496 valence electrons. The maximum Gasteiger partial charge on any atom is 0.246 e. The lowest BCUT2D eigenvalue weighted by molar-refractivity contribution is -0.142. The largest absolute Gasteiger partial charge is 0.508 e. The van der Waals surface area contributed by atoms with Gasteiger partial charge in [-0.05, 0) is 97.2 Å². The van der Waals surface area contributed by atoms with Crippen molar-refractivity contribution in [1.82, 2.24) is 72.7 Å². The zero-order valence-corrected chi connectivity index (χ0v) is 52.3. The second kappa shape index (κ2) is 31.6. The molecule has 10 amide bonds. The van der Waals surface area contributed by atoms with Crippen molar-refractivity contribution in [3.8, 4) is 11.5 Å². The predicted molar refractivity (Wildman–Crippen MR) is 345 cm³/mol. The number of benzene rings is 4. The third-order valence-corrected chi connectivity index (χ3v) is 16.7. The molecule has 0 spiro atoms. The lowest BCUT2D eigenvalue weighted by Gasteiger charge is -2.31. The molecule has 9 rings (SSSR count). The van der Waals surface area contributed by atoms with E-state index in [4.69, 9.17) is 0 Å². The Morgan fingerprint density at radius 1 is 0.564 bits per heavy atom.